The standard InChI is InChI=1S/C39H43F3N6O8S/c1-26(57-31-21-52-37(53-22-31)7-5-4-6-29-9-8-28(20-43)18-33(29)41)39(23-48-25-44-24-45-48,32-11-10-30(40)19-34(32)42)56-38(51)55-27(2)54-36(50)13-12-35(49)47-16-14-46(3)15-17-47/h4-11,18-19,24-27,31,37H,12-17,21-23H2,1-3H3. The molecule has 3 unspecified atom stereocenters. The number of nitriles is 1. The van der Waals surface area contributed by atoms with Gasteiger partial charge in [0.25, 0.3) is 0 Å². The lowest BCUT2D eigenvalue weighted by Gasteiger charge is -2.40. The van der Waals surface area contributed by atoms with Gasteiger partial charge in [-0.3, -0.25) is 9.59 Å². The Labute approximate surface area is 332 Å². The maximum Gasteiger partial charge on any atom is 0.512 e. The number of aromatic nitrogens is 3. The molecule has 0 aliphatic carbocycles. The fourth-order valence-corrected chi connectivity index (χ4v) is 7.49. The van der Waals surface area contributed by atoms with E-state index in [4.69, 9.17) is 28.9 Å². The van der Waals surface area contributed by atoms with Crippen molar-refractivity contribution in [1.29, 1.82) is 5.26 Å². The van der Waals surface area contributed by atoms with Crippen LogP contribution in [0.3, 0.4) is 0 Å². The third-order valence-electron chi connectivity index (χ3n) is 9.21. The normalized spacial score (nSPS) is 19.8. The first kappa shape index (κ1) is 42.9. The Bertz CT molecular complexity index is 1950. The third-order valence-corrected chi connectivity index (χ3v) is 10.7. The van der Waals surface area contributed by atoms with Crippen LogP contribution in [0.5, 0.6) is 0 Å². The molecule has 3 atom stereocenters. The molecule has 304 valence electrons. The highest BCUT2D eigenvalue weighted by Gasteiger charge is 2.47. The first-order valence-corrected chi connectivity index (χ1v) is 19.1. The number of hydrogen-bond donors (Lipinski definition) is 0. The molecule has 2 saturated heterocycles. The number of amides is 1. The minimum atomic E-state index is -1.91. The molecule has 2 aliphatic heterocycles. The van der Waals surface area contributed by atoms with Crippen molar-refractivity contribution >= 4 is 35.9 Å². The third kappa shape index (κ3) is 12.1. The van der Waals surface area contributed by atoms with Gasteiger partial charge < -0.3 is 33.5 Å². The molecule has 14 nitrogen and oxygen atoms in total. The number of esters is 1. The average Bonchev–Trinajstić information content (AvgIpc) is 3.69. The van der Waals surface area contributed by atoms with Crippen molar-refractivity contribution in [2.75, 3.05) is 46.4 Å². The zero-order chi connectivity index (χ0) is 41.0. The van der Waals surface area contributed by atoms with Crippen molar-refractivity contribution in [3.05, 3.63) is 101 Å². The maximum absolute atomic E-state index is 15.7. The van der Waals surface area contributed by atoms with E-state index in [1.165, 1.54) is 60.3 Å². The van der Waals surface area contributed by atoms with Crippen molar-refractivity contribution in [3.63, 3.8) is 0 Å². The van der Waals surface area contributed by atoms with Crippen molar-refractivity contribution < 1.29 is 51.2 Å². The van der Waals surface area contributed by atoms with Crippen LogP contribution >= 0.6 is 11.8 Å². The number of likely N-dealkylation sites (N-methyl/N-ethyl adjacent to an activating group) is 1. The number of hydrogen-bond acceptors (Lipinski definition) is 13. The second-order valence-electron chi connectivity index (χ2n) is 13.3. The Kier molecular flexibility index (Phi) is 15.3. The van der Waals surface area contributed by atoms with Crippen molar-refractivity contribution in [3.8, 4) is 6.07 Å². The van der Waals surface area contributed by atoms with Gasteiger partial charge in [0, 0.05) is 62.0 Å². The Morgan fingerprint density at radius 2 is 1.77 bits per heavy atom. The molecule has 3 aromatic rings. The highest BCUT2D eigenvalue weighted by atomic mass is 32.2. The van der Waals surface area contributed by atoms with Crippen LogP contribution in [0.4, 0.5) is 18.0 Å². The van der Waals surface area contributed by atoms with Gasteiger partial charge in [0.1, 0.15) is 30.1 Å². The summed E-state index contributed by atoms with van der Waals surface area (Å²) in [4.78, 5) is 46.4. The fourth-order valence-electron chi connectivity index (χ4n) is 6.12. The summed E-state index contributed by atoms with van der Waals surface area (Å²) in [6, 6.07) is 8.90. The summed E-state index contributed by atoms with van der Waals surface area (Å²) in [5, 5.41) is 11.9. The van der Waals surface area contributed by atoms with E-state index in [1.54, 1.807) is 30.1 Å². The van der Waals surface area contributed by atoms with E-state index >= 15 is 4.39 Å². The van der Waals surface area contributed by atoms with E-state index in [9.17, 15) is 23.2 Å². The molecule has 1 amide bonds. The van der Waals surface area contributed by atoms with E-state index < -0.39 is 53.0 Å². The minimum Gasteiger partial charge on any atom is -0.425 e. The van der Waals surface area contributed by atoms with E-state index in [2.05, 4.69) is 15.0 Å². The van der Waals surface area contributed by atoms with E-state index in [1.807, 2.05) is 13.1 Å². The Hall–Kier alpha value is -5.22. The highest BCUT2D eigenvalue weighted by Crippen LogP contribution is 2.42. The van der Waals surface area contributed by atoms with Gasteiger partial charge in [0.15, 0.2) is 11.9 Å². The zero-order valence-electron chi connectivity index (χ0n) is 31.6. The van der Waals surface area contributed by atoms with Gasteiger partial charge in [0.05, 0.1) is 43.1 Å². The lowest BCUT2D eigenvalue weighted by atomic mass is 9.89. The Morgan fingerprint density at radius 1 is 1.02 bits per heavy atom. The molecule has 2 fully saturated rings. The summed E-state index contributed by atoms with van der Waals surface area (Å²) in [5.74, 6) is -3.36. The van der Waals surface area contributed by atoms with Gasteiger partial charge in [-0.2, -0.15) is 10.4 Å². The molecule has 2 aromatic carbocycles. The van der Waals surface area contributed by atoms with E-state index in [-0.39, 0.29) is 54.9 Å². The summed E-state index contributed by atoms with van der Waals surface area (Å²) >= 11 is 1.25. The summed E-state index contributed by atoms with van der Waals surface area (Å²) < 4.78 is 73.7. The van der Waals surface area contributed by atoms with Crippen LogP contribution in [0.1, 0.15) is 43.4 Å². The van der Waals surface area contributed by atoms with Gasteiger partial charge in [0.2, 0.25) is 12.2 Å². The lowest BCUT2D eigenvalue weighted by molar-refractivity contribution is -0.172. The van der Waals surface area contributed by atoms with Crippen molar-refractivity contribution in [2.24, 2.45) is 0 Å². The SMILES string of the molecule is CC(OC(=O)CCC(=O)N1CCN(C)CC1)OC(=O)OC(Cn1cncn1)(c1ccc(F)cc1F)C(C)SC1COC(C=CC=Cc2ccc(C#N)cc2F)OC1. The lowest BCUT2D eigenvalue weighted by Crippen LogP contribution is -2.47. The molecule has 0 N–H and O–H groups in total. The molecule has 1 aromatic heterocycles. The van der Waals surface area contributed by atoms with Gasteiger partial charge in [-0.1, -0.05) is 24.3 Å². The largest absolute Gasteiger partial charge is 0.512 e. The van der Waals surface area contributed by atoms with Crippen molar-refractivity contribution in [2.45, 2.75) is 61.9 Å². The Morgan fingerprint density at radius 3 is 2.44 bits per heavy atom. The molecule has 0 bridgehead atoms. The average molecular weight is 813 g/mol. The second-order valence-corrected chi connectivity index (χ2v) is 15.0. The number of carbonyl (C=O) groups is 3. The predicted octanol–water partition coefficient (Wildman–Crippen LogP) is 5.19. The smallest absolute Gasteiger partial charge is 0.425 e. The second kappa shape index (κ2) is 20.3. The molecule has 5 rings (SSSR count). The van der Waals surface area contributed by atoms with Crippen LogP contribution in [0.15, 0.2) is 67.3 Å². The number of piperazine rings is 1. The zero-order valence-corrected chi connectivity index (χ0v) is 32.4. The number of carbonyl (C=O) groups excluding carboxylic acids is 3. The van der Waals surface area contributed by atoms with Crippen LogP contribution in [0.25, 0.3) is 6.08 Å². The first-order chi connectivity index (χ1) is 27.3. The van der Waals surface area contributed by atoms with Crippen LogP contribution in [-0.2, 0) is 45.4 Å². The molecular formula is C39H43F3N6O8S. The van der Waals surface area contributed by atoms with Gasteiger partial charge >= 0.3 is 12.1 Å². The molecule has 18 heteroatoms. The quantitative estimate of drug-likeness (QED) is 0.112. The molecule has 0 radical (unpaired) electrons. The van der Waals surface area contributed by atoms with Crippen LogP contribution in [0.2, 0.25) is 0 Å². The van der Waals surface area contributed by atoms with Gasteiger partial charge in [-0.15, -0.1) is 11.8 Å². The number of thioether (sulfide) groups is 1. The maximum atomic E-state index is 15.7. The number of allylic oxidation sites excluding steroid dienone is 2. The van der Waals surface area contributed by atoms with Crippen LogP contribution in [0, 0.1) is 28.8 Å². The number of halogens is 3. The Balaban J connectivity index is 1.24. The van der Waals surface area contributed by atoms with Crippen LogP contribution < -0.4 is 0 Å². The van der Waals surface area contributed by atoms with Gasteiger partial charge in [-0.25, -0.2) is 27.6 Å². The topological polar surface area (TPSA) is 158 Å². The van der Waals surface area contributed by atoms with E-state index in [0.717, 1.165) is 25.2 Å². The van der Waals surface area contributed by atoms with Crippen molar-refractivity contribution in [1.82, 2.24) is 24.6 Å². The highest BCUT2D eigenvalue weighted by molar-refractivity contribution is 8.00. The molecule has 0 saturated carbocycles. The monoisotopic (exact) mass is 812 g/mol. The number of rotatable bonds is 15. The van der Waals surface area contributed by atoms with Gasteiger partial charge in [-0.05, 0) is 44.3 Å². The molecular weight excluding hydrogens is 770 g/mol. The summed E-state index contributed by atoms with van der Waals surface area (Å²) in [7, 11) is 1.96. The molecule has 3 heterocycles. The fraction of sp³-hybridized carbons (Fsp3) is 0.436. The number of ether oxygens (including phenoxy) is 5. The van der Waals surface area contributed by atoms with E-state index in [0.29, 0.717) is 24.7 Å². The summed E-state index contributed by atoms with van der Waals surface area (Å²) in [5.41, 5.74) is -1.58. The first-order valence-electron chi connectivity index (χ1n) is 18.1. The number of benzene rings is 2. The summed E-state index contributed by atoms with van der Waals surface area (Å²) in [6.07, 6.45) is 5.15. The van der Waals surface area contributed by atoms with Crippen LogP contribution in [-0.4, -0.2) is 112 Å². The number of nitrogens with zero attached hydrogens (tertiary/aromatic N) is 6. The minimum absolute atomic E-state index is 0.0803. The summed E-state index contributed by atoms with van der Waals surface area (Å²) in [6.45, 7) is 5.59. The molecule has 0 spiro atoms. The molecule has 2 aliphatic rings. The molecule has 57 heavy (non-hydrogen) atoms. The predicted molar refractivity (Wildman–Crippen MR) is 200 cm³/mol.